The van der Waals surface area contributed by atoms with Gasteiger partial charge in [-0.15, -0.1) is 23.1 Å². The van der Waals surface area contributed by atoms with Crippen molar-refractivity contribution in [1.29, 1.82) is 0 Å². The summed E-state index contributed by atoms with van der Waals surface area (Å²) in [6.45, 7) is 5.16. The van der Waals surface area contributed by atoms with E-state index in [-0.39, 0.29) is 10.6 Å². The van der Waals surface area contributed by atoms with Crippen LogP contribution in [0.4, 0.5) is 0 Å². The molecule has 1 aromatic rings. The first kappa shape index (κ1) is 13.5. The predicted octanol–water partition coefficient (Wildman–Crippen LogP) is 2.71. The average Bonchev–Trinajstić information content (AvgIpc) is 3.04. The lowest BCUT2D eigenvalue weighted by atomic mass is 9.97. The van der Waals surface area contributed by atoms with Crippen molar-refractivity contribution < 1.29 is 4.79 Å². The Morgan fingerprint density at radius 3 is 2.89 bits per heavy atom. The summed E-state index contributed by atoms with van der Waals surface area (Å²) in [6.07, 6.45) is 2.39. The van der Waals surface area contributed by atoms with Crippen molar-refractivity contribution in [3.8, 4) is 0 Å². The van der Waals surface area contributed by atoms with Crippen LogP contribution in [-0.2, 0) is 4.79 Å². The van der Waals surface area contributed by atoms with E-state index in [1.807, 2.05) is 6.92 Å². The minimum absolute atomic E-state index is 0.105. The predicted molar refractivity (Wildman–Crippen MR) is 81.4 cm³/mol. The Balaban J connectivity index is 1.73. The molecule has 0 bridgehead atoms. The summed E-state index contributed by atoms with van der Waals surface area (Å²) in [5, 5.41) is 5.85. The zero-order chi connectivity index (χ0) is 13.2. The summed E-state index contributed by atoms with van der Waals surface area (Å²) in [6, 6.07) is 4.24. The first-order valence-electron chi connectivity index (χ1n) is 6.96. The van der Waals surface area contributed by atoms with Crippen LogP contribution < -0.4 is 5.32 Å². The molecule has 0 radical (unpaired) electrons. The summed E-state index contributed by atoms with van der Waals surface area (Å²) in [5.41, 5.74) is 0. The normalized spacial score (nSPS) is 29.1. The Labute approximate surface area is 122 Å². The molecule has 3 nitrogen and oxygen atoms in total. The van der Waals surface area contributed by atoms with E-state index in [2.05, 4.69) is 27.7 Å². The molecule has 1 N–H and O–H groups in total. The van der Waals surface area contributed by atoms with E-state index in [0.29, 0.717) is 11.8 Å². The summed E-state index contributed by atoms with van der Waals surface area (Å²) in [5.74, 6) is 0.987. The Morgan fingerprint density at radius 1 is 1.42 bits per heavy atom. The number of amides is 1. The molecule has 2 aliphatic rings. The molecule has 3 rings (SSSR count). The molecule has 0 aromatic carbocycles. The number of carbonyl (C=O) groups is 1. The van der Waals surface area contributed by atoms with E-state index in [9.17, 15) is 4.79 Å². The van der Waals surface area contributed by atoms with Gasteiger partial charge in [0.25, 0.3) is 0 Å². The van der Waals surface area contributed by atoms with Crippen molar-refractivity contribution in [3.05, 3.63) is 22.4 Å². The van der Waals surface area contributed by atoms with E-state index in [1.54, 1.807) is 23.1 Å². The number of piperidine rings is 1. The molecule has 2 atom stereocenters. The second kappa shape index (κ2) is 5.85. The third-order valence-corrected chi connectivity index (χ3v) is 6.40. The van der Waals surface area contributed by atoms with Gasteiger partial charge < -0.3 is 10.2 Å². The van der Waals surface area contributed by atoms with Crippen molar-refractivity contribution in [1.82, 2.24) is 10.2 Å². The maximum Gasteiger partial charge on any atom is 0.236 e. The van der Waals surface area contributed by atoms with Crippen LogP contribution in [0, 0.1) is 5.92 Å². The van der Waals surface area contributed by atoms with Crippen molar-refractivity contribution >= 4 is 29.0 Å². The molecule has 0 saturated carbocycles. The fourth-order valence-corrected chi connectivity index (χ4v) is 5.09. The molecule has 5 heteroatoms. The van der Waals surface area contributed by atoms with Crippen LogP contribution >= 0.6 is 23.1 Å². The highest BCUT2D eigenvalue weighted by Gasteiger charge is 2.39. The van der Waals surface area contributed by atoms with Crippen LogP contribution in [0.15, 0.2) is 17.5 Å². The Bertz CT molecular complexity index is 429. The summed E-state index contributed by atoms with van der Waals surface area (Å²) in [7, 11) is 0. The molecular weight excluding hydrogens is 276 g/mol. The highest BCUT2D eigenvalue weighted by molar-refractivity contribution is 8.01. The number of nitrogens with zero attached hydrogens (tertiary/aromatic N) is 1. The second-order valence-electron chi connectivity index (χ2n) is 5.33. The number of hydrogen-bond acceptors (Lipinski definition) is 4. The van der Waals surface area contributed by atoms with Crippen LogP contribution in [0.25, 0.3) is 0 Å². The average molecular weight is 296 g/mol. The number of carbonyl (C=O) groups excluding carboxylic acids is 1. The van der Waals surface area contributed by atoms with Crippen LogP contribution in [-0.4, -0.2) is 35.7 Å². The molecule has 2 saturated heterocycles. The van der Waals surface area contributed by atoms with Gasteiger partial charge in [-0.3, -0.25) is 4.79 Å². The molecule has 104 valence electrons. The highest BCUT2D eigenvalue weighted by Crippen LogP contribution is 2.45. The van der Waals surface area contributed by atoms with Crippen molar-refractivity contribution in [2.24, 2.45) is 5.92 Å². The highest BCUT2D eigenvalue weighted by atomic mass is 32.2. The quantitative estimate of drug-likeness (QED) is 0.931. The summed E-state index contributed by atoms with van der Waals surface area (Å²) < 4.78 is 0. The smallest absolute Gasteiger partial charge is 0.236 e. The summed E-state index contributed by atoms with van der Waals surface area (Å²) >= 11 is 3.56. The minimum Gasteiger partial charge on any atom is -0.324 e. The van der Waals surface area contributed by atoms with Crippen LogP contribution in [0.3, 0.4) is 0 Å². The third-order valence-electron chi connectivity index (χ3n) is 3.95. The van der Waals surface area contributed by atoms with Gasteiger partial charge in [0.15, 0.2) is 0 Å². The van der Waals surface area contributed by atoms with Gasteiger partial charge in [-0.2, -0.15) is 0 Å². The number of thiophene rings is 1. The molecule has 0 aliphatic carbocycles. The molecule has 2 fully saturated rings. The molecule has 3 heterocycles. The second-order valence-corrected chi connectivity index (χ2v) is 7.74. The zero-order valence-corrected chi connectivity index (χ0v) is 12.8. The maximum atomic E-state index is 12.4. The van der Waals surface area contributed by atoms with Gasteiger partial charge in [0.2, 0.25) is 5.91 Å². The van der Waals surface area contributed by atoms with Gasteiger partial charge in [-0.25, -0.2) is 0 Å². The molecule has 19 heavy (non-hydrogen) atoms. The standard InChI is InChI=1S/C14H20N2OS2/c1-10-13(17)16(9-11-4-6-15-7-5-11)14(19-10)12-3-2-8-18-12/h2-3,8,10-11,14-15H,4-7,9H2,1H3/t10-,14+/m1/s1. The SMILES string of the molecule is C[C@H]1S[C@@H](c2cccs2)N(CC2CCNCC2)C1=O. The molecular formula is C14H20N2OS2. The molecule has 2 aliphatic heterocycles. The lowest BCUT2D eigenvalue weighted by molar-refractivity contribution is -0.130. The van der Waals surface area contributed by atoms with Gasteiger partial charge in [0, 0.05) is 11.4 Å². The van der Waals surface area contributed by atoms with E-state index in [0.717, 1.165) is 19.6 Å². The van der Waals surface area contributed by atoms with Gasteiger partial charge in [0.05, 0.1) is 5.25 Å². The third kappa shape index (κ3) is 2.83. The van der Waals surface area contributed by atoms with E-state index in [1.165, 1.54) is 17.7 Å². The lowest BCUT2D eigenvalue weighted by Crippen LogP contribution is -2.38. The van der Waals surface area contributed by atoms with Gasteiger partial charge in [-0.1, -0.05) is 6.07 Å². The number of nitrogens with one attached hydrogen (secondary N) is 1. The fourth-order valence-electron chi connectivity index (χ4n) is 2.85. The van der Waals surface area contributed by atoms with E-state index < -0.39 is 0 Å². The minimum atomic E-state index is 0.105. The first-order chi connectivity index (χ1) is 9.25. The topological polar surface area (TPSA) is 32.3 Å². The monoisotopic (exact) mass is 296 g/mol. The largest absolute Gasteiger partial charge is 0.324 e. The maximum absolute atomic E-state index is 12.4. The molecule has 0 unspecified atom stereocenters. The van der Waals surface area contributed by atoms with Gasteiger partial charge in [0.1, 0.15) is 5.37 Å². The van der Waals surface area contributed by atoms with Gasteiger partial charge in [-0.05, 0) is 50.2 Å². The first-order valence-corrected chi connectivity index (χ1v) is 8.78. The molecule has 0 spiro atoms. The van der Waals surface area contributed by atoms with Crippen LogP contribution in [0.2, 0.25) is 0 Å². The van der Waals surface area contributed by atoms with E-state index in [4.69, 9.17) is 0 Å². The van der Waals surface area contributed by atoms with Crippen molar-refractivity contribution in [2.45, 2.75) is 30.4 Å². The lowest BCUT2D eigenvalue weighted by Gasteiger charge is -2.30. The number of hydrogen-bond donors (Lipinski definition) is 1. The molecule has 1 amide bonds. The van der Waals surface area contributed by atoms with Crippen LogP contribution in [0.5, 0.6) is 0 Å². The Kier molecular flexibility index (Phi) is 4.15. The fraction of sp³-hybridized carbons (Fsp3) is 0.643. The number of rotatable bonds is 3. The zero-order valence-electron chi connectivity index (χ0n) is 11.2. The van der Waals surface area contributed by atoms with E-state index >= 15 is 0 Å². The van der Waals surface area contributed by atoms with Crippen molar-refractivity contribution in [2.75, 3.05) is 19.6 Å². The number of thioether (sulfide) groups is 1. The van der Waals surface area contributed by atoms with Crippen LogP contribution in [0.1, 0.15) is 30.0 Å². The Hall–Kier alpha value is -0.520. The Morgan fingerprint density at radius 2 is 2.21 bits per heavy atom. The van der Waals surface area contributed by atoms with Crippen molar-refractivity contribution in [3.63, 3.8) is 0 Å². The molecule has 1 aromatic heterocycles. The summed E-state index contributed by atoms with van der Waals surface area (Å²) in [4.78, 5) is 15.8. The van der Waals surface area contributed by atoms with Gasteiger partial charge >= 0.3 is 0 Å².